The minimum Gasteiger partial charge on any atom is -0.482 e. The molecule has 27 heavy (non-hydrogen) atoms. The van der Waals surface area contributed by atoms with Crippen molar-refractivity contribution < 1.29 is 14.3 Å². The zero-order chi connectivity index (χ0) is 19.4. The maximum absolute atomic E-state index is 12.4. The number of nitrogens with one attached hydrogen (secondary N) is 1. The van der Waals surface area contributed by atoms with Crippen molar-refractivity contribution in [3.8, 4) is 17.0 Å². The van der Waals surface area contributed by atoms with E-state index in [2.05, 4.69) is 17.2 Å². The number of aromatic nitrogens is 1. The maximum Gasteiger partial charge on any atom is 0.265 e. The second-order valence-electron chi connectivity index (χ2n) is 6.70. The molecular formula is C20H25N3O3S. The number of nitrogens with zero attached hydrogens (tertiary/aromatic N) is 2. The Hall–Kier alpha value is -2.41. The highest BCUT2D eigenvalue weighted by molar-refractivity contribution is 7.09. The Bertz CT molecular complexity index is 834. The molecule has 0 fully saturated rings. The lowest BCUT2D eigenvalue weighted by Crippen LogP contribution is -2.46. The molecule has 0 bridgehead atoms. The minimum absolute atomic E-state index is 0.0128. The molecular weight excluding hydrogens is 362 g/mol. The molecule has 1 aromatic carbocycles. The van der Waals surface area contributed by atoms with E-state index < -0.39 is 0 Å². The second-order valence-corrected chi connectivity index (χ2v) is 7.65. The average molecular weight is 388 g/mol. The van der Waals surface area contributed by atoms with E-state index in [1.165, 1.54) is 4.90 Å². The van der Waals surface area contributed by atoms with Gasteiger partial charge in [-0.15, -0.1) is 11.3 Å². The molecule has 7 heteroatoms. The molecule has 1 aliphatic heterocycles. The lowest BCUT2D eigenvalue weighted by atomic mass is 10.1. The number of aryl methyl sites for hydroxylation is 1. The first-order valence-electron chi connectivity index (χ1n) is 9.33. The third-order valence-electron chi connectivity index (χ3n) is 4.53. The molecule has 1 N–H and O–H groups in total. The molecule has 144 valence electrons. The first kappa shape index (κ1) is 19.4. The average Bonchev–Trinajstić information content (AvgIpc) is 3.12. The number of fused-ring (bicyclic) bond motifs is 1. The fourth-order valence-electron chi connectivity index (χ4n) is 2.87. The van der Waals surface area contributed by atoms with E-state index >= 15 is 0 Å². The van der Waals surface area contributed by atoms with Crippen LogP contribution < -0.4 is 15.0 Å². The molecule has 1 aromatic heterocycles. The predicted octanol–water partition coefficient (Wildman–Crippen LogP) is 3.40. The van der Waals surface area contributed by atoms with Crippen LogP contribution in [0.4, 0.5) is 5.69 Å². The Labute approximate surface area is 163 Å². The first-order valence-corrected chi connectivity index (χ1v) is 10.2. The molecule has 6 nitrogen and oxygen atoms in total. The zero-order valence-electron chi connectivity index (χ0n) is 15.9. The van der Waals surface area contributed by atoms with Crippen molar-refractivity contribution in [2.24, 2.45) is 0 Å². The molecule has 0 saturated carbocycles. The van der Waals surface area contributed by atoms with Gasteiger partial charge in [-0.1, -0.05) is 13.8 Å². The number of hydrogen-bond donors (Lipinski definition) is 1. The van der Waals surface area contributed by atoms with Gasteiger partial charge in [0, 0.05) is 17.0 Å². The highest BCUT2D eigenvalue weighted by atomic mass is 32.1. The van der Waals surface area contributed by atoms with Crippen molar-refractivity contribution in [2.45, 2.75) is 46.1 Å². The van der Waals surface area contributed by atoms with Gasteiger partial charge < -0.3 is 10.1 Å². The van der Waals surface area contributed by atoms with Gasteiger partial charge >= 0.3 is 0 Å². The van der Waals surface area contributed by atoms with Crippen molar-refractivity contribution in [1.29, 1.82) is 0 Å². The van der Waals surface area contributed by atoms with Crippen LogP contribution in [0.1, 0.15) is 38.6 Å². The predicted molar refractivity (Wildman–Crippen MR) is 107 cm³/mol. The summed E-state index contributed by atoms with van der Waals surface area (Å²) in [6.07, 6.45) is 2.85. The normalized spacial score (nSPS) is 14.5. The van der Waals surface area contributed by atoms with Crippen LogP contribution in [0.5, 0.6) is 5.75 Å². The SMILES string of the molecule is CCCc1nc(-c2ccc3c(c2)N(CC(=O)NC(C)CC)C(=O)CO3)cs1. The van der Waals surface area contributed by atoms with E-state index in [9.17, 15) is 9.59 Å². The Morgan fingerprint density at radius 3 is 2.96 bits per heavy atom. The molecule has 1 atom stereocenters. The van der Waals surface area contributed by atoms with E-state index in [4.69, 9.17) is 4.74 Å². The molecule has 2 heterocycles. The quantitative estimate of drug-likeness (QED) is 0.790. The number of ether oxygens (including phenoxy) is 1. The highest BCUT2D eigenvalue weighted by Gasteiger charge is 2.28. The molecule has 1 unspecified atom stereocenters. The fourth-order valence-corrected chi connectivity index (χ4v) is 3.78. The Balaban J connectivity index is 1.86. The van der Waals surface area contributed by atoms with E-state index in [1.54, 1.807) is 11.3 Å². The van der Waals surface area contributed by atoms with E-state index in [0.717, 1.165) is 35.5 Å². The van der Waals surface area contributed by atoms with Gasteiger partial charge in [-0.2, -0.15) is 0 Å². The molecule has 0 spiro atoms. The van der Waals surface area contributed by atoms with Gasteiger partial charge in [0.2, 0.25) is 5.91 Å². The van der Waals surface area contributed by atoms with Crippen molar-refractivity contribution in [2.75, 3.05) is 18.1 Å². The highest BCUT2D eigenvalue weighted by Crippen LogP contribution is 2.36. The van der Waals surface area contributed by atoms with Crippen LogP contribution in [-0.4, -0.2) is 36.0 Å². The van der Waals surface area contributed by atoms with Crippen LogP contribution in [0.3, 0.4) is 0 Å². The van der Waals surface area contributed by atoms with Crippen LogP contribution in [-0.2, 0) is 16.0 Å². The van der Waals surface area contributed by atoms with Gasteiger partial charge in [-0.3, -0.25) is 14.5 Å². The molecule has 1 aliphatic rings. The van der Waals surface area contributed by atoms with Gasteiger partial charge in [0.15, 0.2) is 6.61 Å². The van der Waals surface area contributed by atoms with Crippen molar-refractivity contribution in [3.05, 3.63) is 28.6 Å². The van der Waals surface area contributed by atoms with Crippen LogP contribution in [0, 0.1) is 0 Å². The van der Waals surface area contributed by atoms with Crippen molar-refractivity contribution >= 4 is 28.8 Å². The standard InChI is InChI=1S/C20H25N3O3S/c1-4-6-19-22-15(12-27-19)14-7-8-17-16(9-14)23(20(25)11-26-17)10-18(24)21-13(3)5-2/h7-9,12-13H,4-6,10-11H2,1-3H3,(H,21,24). The summed E-state index contributed by atoms with van der Waals surface area (Å²) >= 11 is 1.64. The summed E-state index contributed by atoms with van der Waals surface area (Å²) in [5, 5.41) is 6.03. The molecule has 2 aromatic rings. The summed E-state index contributed by atoms with van der Waals surface area (Å²) in [4.78, 5) is 30.9. The lowest BCUT2D eigenvalue weighted by molar-refractivity contribution is -0.125. The number of carbonyl (C=O) groups is 2. The number of anilines is 1. The van der Waals surface area contributed by atoms with Crippen LogP contribution in [0.25, 0.3) is 11.3 Å². The third kappa shape index (κ3) is 4.47. The molecule has 0 saturated heterocycles. The smallest absolute Gasteiger partial charge is 0.265 e. The summed E-state index contributed by atoms with van der Waals surface area (Å²) in [5.74, 6) is 0.220. The summed E-state index contributed by atoms with van der Waals surface area (Å²) in [6.45, 7) is 6.01. The largest absolute Gasteiger partial charge is 0.482 e. The number of benzene rings is 1. The zero-order valence-corrected chi connectivity index (χ0v) is 16.8. The molecule has 3 rings (SSSR count). The van der Waals surface area contributed by atoms with Crippen molar-refractivity contribution in [3.63, 3.8) is 0 Å². The number of thiazole rings is 1. The van der Waals surface area contributed by atoms with Crippen LogP contribution in [0.15, 0.2) is 23.6 Å². The summed E-state index contributed by atoms with van der Waals surface area (Å²) in [5.41, 5.74) is 2.42. The summed E-state index contributed by atoms with van der Waals surface area (Å²) < 4.78 is 5.54. The van der Waals surface area contributed by atoms with Crippen molar-refractivity contribution in [1.82, 2.24) is 10.3 Å². The summed E-state index contributed by atoms with van der Waals surface area (Å²) in [7, 11) is 0. The molecule has 0 radical (unpaired) electrons. The van der Waals surface area contributed by atoms with E-state index in [1.807, 2.05) is 37.4 Å². The fraction of sp³-hybridized carbons (Fsp3) is 0.450. The molecule has 2 amide bonds. The monoisotopic (exact) mass is 387 g/mol. The first-order chi connectivity index (χ1) is 13.0. The minimum atomic E-state index is -0.219. The lowest BCUT2D eigenvalue weighted by Gasteiger charge is -2.29. The summed E-state index contributed by atoms with van der Waals surface area (Å²) in [6, 6.07) is 5.74. The molecule has 0 aliphatic carbocycles. The van der Waals surface area contributed by atoms with Gasteiger partial charge in [-0.25, -0.2) is 4.98 Å². The number of rotatable bonds is 7. The maximum atomic E-state index is 12.4. The van der Waals surface area contributed by atoms with Gasteiger partial charge in [0.05, 0.1) is 16.4 Å². The Morgan fingerprint density at radius 2 is 2.22 bits per heavy atom. The van der Waals surface area contributed by atoms with Crippen LogP contribution >= 0.6 is 11.3 Å². The number of hydrogen-bond acceptors (Lipinski definition) is 5. The number of carbonyl (C=O) groups excluding carboxylic acids is 2. The van der Waals surface area contributed by atoms with Crippen LogP contribution in [0.2, 0.25) is 0 Å². The van der Waals surface area contributed by atoms with Gasteiger partial charge in [0.25, 0.3) is 5.91 Å². The number of amides is 2. The third-order valence-corrected chi connectivity index (χ3v) is 5.44. The Kier molecular flexibility index (Phi) is 6.11. The topological polar surface area (TPSA) is 71.5 Å². The van der Waals surface area contributed by atoms with E-state index in [0.29, 0.717) is 11.4 Å². The second kappa shape index (κ2) is 8.52. The van der Waals surface area contributed by atoms with Gasteiger partial charge in [-0.05, 0) is 44.4 Å². The van der Waals surface area contributed by atoms with Gasteiger partial charge in [0.1, 0.15) is 12.3 Å². The van der Waals surface area contributed by atoms with E-state index in [-0.39, 0.29) is 31.0 Å². The Morgan fingerprint density at radius 1 is 1.41 bits per heavy atom.